The molecule has 0 aromatic carbocycles. The fraction of sp³-hybridized carbons (Fsp3) is 0.778. The molecule has 0 saturated carbocycles. The van der Waals surface area contributed by atoms with E-state index >= 15 is 0 Å². The van der Waals surface area contributed by atoms with E-state index in [0.717, 1.165) is 0 Å². The summed E-state index contributed by atoms with van der Waals surface area (Å²) in [7, 11) is 3.83. The first-order valence-electron chi connectivity index (χ1n) is 4.10. The van der Waals surface area contributed by atoms with Gasteiger partial charge in [0.25, 0.3) is 0 Å². The maximum Gasteiger partial charge on any atom is 0 e. The van der Waals surface area contributed by atoms with Crippen LogP contribution in [-0.2, 0) is 0 Å². The van der Waals surface area contributed by atoms with Crippen LogP contribution in [0.25, 0.3) is 0 Å². The summed E-state index contributed by atoms with van der Waals surface area (Å²) in [6.45, 7) is 6.42. The SMILES string of the molecule is C[CH-]C.[CH2-]N1CCCCC1.[La]. The summed E-state index contributed by atoms with van der Waals surface area (Å²) < 4.78 is 0. The van der Waals surface area contributed by atoms with E-state index in [1.807, 2.05) is 20.3 Å². The third kappa shape index (κ3) is 11.2. The third-order valence-corrected chi connectivity index (χ3v) is 1.45. The first kappa shape index (κ1) is 14.7. The van der Waals surface area contributed by atoms with Crippen molar-refractivity contribution in [3.63, 3.8) is 0 Å². The second-order valence-electron chi connectivity index (χ2n) is 2.76. The summed E-state index contributed by atoms with van der Waals surface area (Å²) in [5.74, 6) is 0. The van der Waals surface area contributed by atoms with Gasteiger partial charge in [-0.05, 0) is 25.9 Å². The zero-order chi connectivity index (χ0) is 7.82. The predicted molar refractivity (Wildman–Crippen MR) is 46.4 cm³/mol. The fourth-order valence-electron chi connectivity index (χ4n) is 0.959. The number of likely N-dealkylation sites (tertiary alicyclic amines) is 1. The largest absolute Gasteiger partial charge is 0.459 e. The van der Waals surface area contributed by atoms with E-state index in [1.165, 1.54) is 32.4 Å². The fourth-order valence-corrected chi connectivity index (χ4v) is 0.959. The minimum Gasteiger partial charge on any atom is -0.459 e. The summed E-state index contributed by atoms with van der Waals surface area (Å²) in [6.07, 6.45) is 6.11. The van der Waals surface area contributed by atoms with Gasteiger partial charge in [-0.25, -0.2) is 0 Å². The molecule has 1 rings (SSSR count). The molecule has 1 aliphatic rings. The van der Waals surface area contributed by atoms with Crippen LogP contribution in [0.1, 0.15) is 33.1 Å². The Bertz CT molecular complexity index is 60.6. The molecule has 1 heterocycles. The van der Waals surface area contributed by atoms with E-state index in [0.29, 0.717) is 0 Å². The minimum absolute atomic E-state index is 0. The van der Waals surface area contributed by atoms with Gasteiger partial charge in [0.05, 0.1) is 0 Å². The maximum absolute atomic E-state index is 3.83. The van der Waals surface area contributed by atoms with Crippen LogP contribution in [0, 0.1) is 49.1 Å². The van der Waals surface area contributed by atoms with E-state index in [1.54, 1.807) is 0 Å². The van der Waals surface area contributed by atoms with Gasteiger partial charge in [0.2, 0.25) is 0 Å². The molecule has 0 aliphatic carbocycles. The van der Waals surface area contributed by atoms with Crippen molar-refractivity contribution in [2.75, 3.05) is 13.1 Å². The standard InChI is InChI=1S/C6H12N.C3H7.La/c1-7-5-3-2-4-6-7;1-3-2;/h1-6H2;3H,1-2H3;/q2*-1;. The van der Waals surface area contributed by atoms with Gasteiger partial charge in [0.15, 0.2) is 0 Å². The summed E-state index contributed by atoms with van der Waals surface area (Å²) in [6, 6.07) is 0. The first-order chi connectivity index (χ1) is 4.81. The quantitative estimate of drug-likeness (QED) is 0.616. The molecule has 0 atom stereocenters. The molecule has 0 unspecified atom stereocenters. The Kier molecular flexibility index (Phi) is 14.9. The van der Waals surface area contributed by atoms with E-state index in [4.69, 9.17) is 0 Å². The van der Waals surface area contributed by atoms with Crippen molar-refractivity contribution in [1.29, 1.82) is 0 Å². The van der Waals surface area contributed by atoms with Crippen LogP contribution in [0.5, 0.6) is 0 Å². The molecule has 0 amide bonds. The molecule has 0 spiro atoms. The van der Waals surface area contributed by atoms with Gasteiger partial charge in [-0.15, -0.1) is 0 Å². The molecule has 65 valence electrons. The molecule has 0 bridgehead atoms. The van der Waals surface area contributed by atoms with Crippen LogP contribution in [0.15, 0.2) is 0 Å². The normalized spacial score (nSPS) is 17.7. The zero-order valence-corrected chi connectivity index (χ0v) is 11.5. The van der Waals surface area contributed by atoms with Crippen molar-refractivity contribution < 1.29 is 35.6 Å². The first-order valence-corrected chi connectivity index (χ1v) is 4.10. The van der Waals surface area contributed by atoms with Gasteiger partial charge in [0.1, 0.15) is 0 Å². The Hall–Kier alpha value is 1.15. The summed E-state index contributed by atoms with van der Waals surface area (Å²) >= 11 is 0. The van der Waals surface area contributed by atoms with Gasteiger partial charge in [-0.2, -0.15) is 13.8 Å². The van der Waals surface area contributed by atoms with Crippen molar-refractivity contribution in [2.45, 2.75) is 33.1 Å². The molecular weight excluding hydrogens is 261 g/mol. The van der Waals surface area contributed by atoms with Gasteiger partial charge in [0, 0.05) is 35.6 Å². The summed E-state index contributed by atoms with van der Waals surface area (Å²) in [5.41, 5.74) is 0. The smallest absolute Gasteiger partial charge is 0 e. The number of rotatable bonds is 0. The third-order valence-electron chi connectivity index (χ3n) is 1.45. The number of hydrogen-bond donors (Lipinski definition) is 0. The van der Waals surface area contributed by atoms with Crippen LogP contribution in [0.2, 0.25) is 0 Å². The average Bonchev–Trinajstić information content (AvgIpc) is 1.91. The molecule has 0 aromatic rings. The molecule has 1 nitrogen and oxygen atoms in total. The molecule has 1 saturated heterocycles. The average molecular weight is 280 g/mol. The molecule has 2 heteroatoms. The molecule has 0 aromatic heterocycles. The Morgan fingerprint density at radius 2 is 1.45 bits per heavy atom. The van der Waals surface area contributed by atoms with E-state index in [9.17, 15) is 0 Å². The minimum atomic E-state index is 0. The van der Waals surface area contributed by atoms with E-state index < -0.39 is 0 Å². The van der Waals surface area contributed by atoms with Crippen LogP contribution in [-0.4, -0.2) is 18.0 Å². The predicted octanol–water partition coefficient (Wildman–Crippen LogP) is 2.49. The maximum atomic E-state index is 3.83. The molecule has 1 radical (unpaired) electrons. The molecule has 1 aliphatic heterocycles. The number of nitrogens with zero attached hydrogens (tertiary/aromatic N) is 1. The van der Waals surface area contributed by atoms with Crippen LogP contribution >= 0.6 is 0 Å². The summed E-state index contributed by atoms with van der Waals surface area (Å²) in [5, 5.41) is 0. The monoisotopic (exact) mass is 280 g/mol. The van der Waals surface area contributed by atoms with Crippen molar-refractivity contribution in [2.24, 2.45) is 0 Å². The Balaban J connectivity index is 0. The van der Waals surface area contributed by atoms with Gasteiger partial charge >= 0.3 is 0 Å². The topological polar surface area (TPSA) is 3.24 Å². The van der Waals surface area contributed by atoms with Crippen molar-refractivity contribution >= 4 is 0 Å². The van der Waals surface area contributed by atoms with E-state index in [-0.39, 0.29) is 35.6 Å². The van der Waals surface area contributed by atoms with Crippen molar-refractivity contribution in [3.8, 4) is 0 Å². The van der Waals surface area contributed by atoms with Gasteiger partial charge in [-0.3, -0.25) is 7.05 Å². The van der Waals surface area contributed by atoms with Crippen molar-refractivity contribution in [3.05, 3.63) is 13.5 Å². The van der Waals surface area contributed by atoms with Crippen molar-refractivity contribution in [1.82, 2.24) is 4.90 Å². The van der Waals surface area contributed by atoms with Gasteiger partial charge in [-0.1, -0.05) is 6.42 Å². The Morgan fingerprint density at radius 1 is 1.09 bits per heavy atom. The second kappa shape index (κ2) is 11.2. The van der Waals surface area contributed by atoms with E-state index in [2.05, 4.69) is 11.9 Å². The van der Waals surface area contributed by atoms with Crippen LogP contribution in [0.4, 0.5) is 0 Å². The molecular formula is C9H19LaN-2. The molecule has 0 N–H and O–H groups in total. The number of piperidine rings is 1. The Morgan fingerprint density at radius 3 is 1.64 bits per heavy atom. The second-order valence-corrected chi connectivity index (χ2v) is 2.76. The van der Waals surface area contributed by atoms with Crippen LogP contribution in [0.3, 0.4) is 0 Å². The zero-order valence-electron chi connectivity index (χ0n) is 7.84. The number of hydrogen-bond acceptors (Lipinski definition) is 1. The summed E-state index contributed by atoms with van der Waals surface area (Å²) in [4.78, 5) is 2.14. The Labute approximate surface area is 99.5 Å². The molecule has 11 heavy (non-hydrogen) atoms. The van der Waals surface area contributed by atoms with Crippen LogP contribution < -0.4 is 0 Å². The van der Waals surface area contributed by atoms with Gasteiger partial charge < -0.3 is 11.3 Å². The molecule has 1 fully saturated rings.